The first kappa shape index (κ1) is 38.2. The molecule has 0 atom stereocenters. The van der Waals surface area contributed by atoms with Crippen LogP contribution in [-0.2, 0) is 33.7 Å². The van der Waals surface area contributed by atoms with Crippen LogP contribution in [0.1, 0.15) is 75.6 Å². The van der Waals surface area contributed by atoms with Crippen molar-refractivity contribution in [2.75, 3.05) is 0 Å². The first-order chi connectivity index (χ1) is 22.2. The van der Waals surface area contributed by atoms with Gasteiger partial charge in [0, 0.05) is 9.52 Å². The summed E-state index contributed by atoms with van der Waals surface area (Å²) in [6, 6.07) is 40.4. The van der Waals surface area contributed by atoms with Crippen LogP contribution in [0.15, 0.2) is 109 Å². The first-order valence-electron chi connectivity index (χ1n) is 16.3. The molecule has 6 aromatic rings. The van der Waals surface area contributed by atoms with E-state index in [1.165, 1.54) is 66.1 Å². The van der Waals surface area contributed by atoms with Gasteiger partial charge in [-0.15, -0.1) is 69.1 Å². The number of halogens is 2. The van der Waals surface area contributed by atoms with Gasteiger partial charge in [0.15, 0.2) is 0 Å². The van der Waals surface area contributed by atoms with Crippen LogP contribution < -0.4 is 0 Å². The Hall–Kier alpha value is -2.22. The molecule has 6 rings (SSSR count). The van der Waals surface area contributed by atoms with E-state index >= 15 is 0 Å². The number of benzene rings is 4. The van der Waals surface area contributed by atoms with E-state index < -0.39 is 20.8 Å². The molecule has 0 bridgehead atoms. The van der Waals surface area contributed by atoms with Crippen LogP contribution in [-0.4, -0.2) is 9.52 Å². The first-order valence-corrected chi connectivity index (χ1v) is 24.7. The van der Waals surface area contributed by atoms with E-state index in [4.69, 9.17) is 17.0 Å². The molecule has 0 aliphatic rings. The zero-order chi connectivity index (χ0) is 33.6. The number of aryl methyl sites for hydroxylation is 2. The fourth-order valence-corrected chi connectivity index (χ4v) is 5.64. The van der Waals surface area contributed by atoms with Crippen molar-refractivity contribution in [3.63, 3.8) is 0 Å². The van der Waals surface area contributed by atoms with Gasteiger partial charge in [-0.05, 0) is 46.9 Å². The van der Waals surface area contributed by atoms with Crippen LogP contribution in [0, 0.1) is 0 Å². The SMILES string of the molecule is CCc1cc2c(-c3cccc(C(C)C)c3)cccc2[cH-]1.CCc1cc2c(-c3cccc(C(C)C)c3)cccc2[cH-]1.C[Si]C.[Cl][Zr+2][Cl]. The minimum atomic E-state index is -0.826. The third-order valence-corrected chi connectivity index (χ3v) is 8.17. The molecule has 0 aliphatic carbocycles. The second-order valence-corrected chi connectivity index (χ2v) is 16.9. The normalized spacial score (nSPS) is 10.5. The molecule has 0 saturated heterocycles. The maximum atomic E-state index is 4.93. The molecule has 2 radical (unpaired) electrons. The van der Waals surface area contributed by atoms with Gasteiger partial charge in [0.2, 0.25) is 0 Å². The molecule has 4 heteroatoms. The van der Waals surface area contributed by atoms with Gasteiger partial charge in [0.25, 0.3) is 0 Å². The van der Waals surface area contributed by atoms with Gasteiger partial charge < -0.3 is 0 Å². The molecular formula is C42H48Cl2SiZr. The summed E-state index contributed by atoms with van der Waals surface area (Å²) in [4.78, 5) is 0. The van der Waals surface area contributed by atoms with Crippen LogP contribution in [0.4, 0.5) is 0 Å². The van der Waals surface area contributed by atoms with Crippen molar-refractivity contribution < 1.29 is 20.8 Å². The van der Waals surface area contributed by atoms with Gasteiger partial charge in [-0.25, -0.2) is 0 Å². The predicted molar refractivity (Wildman–Crippen MR) is 206 cm³/mol. The molecule has 0 saturated carbocycles. The average molecular weight is 743 g/mol. The Balaban J connectivity index is 0.000000214. The number of rotatable bonds is 6. The molecule has 0 fully saturated rings. The quantitative estimate of drug-likeness (QED) is 0.118. The Kier molecular flexibility index (Phi) is 16.3. The van der Waals surface area contributed by atoms with E-state index in [1.807, 2.05) is 0 Å². The summed E-state index contributed by atoms with van der Waals surface area (Å²) in [7, 11) is 11.0. The van der Waals surface area contributed by atoms with E-state index in [1.54, 1.807) is 0 Å². The molecule has 238 valence electrons. The molecular weight excluding hydrogens is 695 g/mol. The number of hydrogen-bond donors (Lipinski definition) is 0. The third kappa shape index (κ3) is 10.4. The molecule has 0 heterocycles. The maximum absolute atomic E-state index is 4.93. The summed E-state index contributed by atoms with van der Waals surface area (Å²) in [6.45, 7) is 17.7. The van der Waals surface area contributed by atoms with E-state index in [0.29, 0.717) is 11.8 Å². The predicted octanol–water partition coefficient (Wildman–Crippen LogP) is 14.0. The van der Waals surface area contributed by atoms with Crippen molar-refractivity contribution in [2.45, 2.75) is 79.3 Å². The molecule has 0 aromatic heterocycles. The van der Waals surface area contributed by atoms with Crippen molar-refractivity contribution in [1.82, 2.24) is 0 Å². The van der Waals surface area contributed by atoms with Crippen LogP contribution in [0.3, 0.4) is 0 Å². The van der Waals surface area contributed by atoms with Crippen LogP contribution in [0.2, 0.25) is 13.1 Å². The fraction of sp³-hybridized carbons (Fsp3) is 0.286. The molecule has 0 aliphatic heterocycles. The van der Waals surface area contributed by atoms with E-state index in [0.717, 1.165) is 22.4 Å². The van der Waals surface area contributed by atoms with Crippen molar-refractivity contribution in [3.8, 4) is 22.3 Å². The molecule has 46 heavy (non-hydrogen) atoms. The zero-order valence-corrected chi connectivity index (χ0v) is 33.7. The van der Waals surface area contributed by atoms with Gasteiger partial charge in [-0.1, -0.05) is 126 Å². The molecule has 0 nitrogen and oxygen atoms in total. The van der Waals surface area contributed by atoms with Crippen LogP contribution in [0.5, 0.6) is 0 Å². The topological polar surface area (TPSA) is 0 Å². The zero-order valence-electron chi connectivity index (χ0n) is 28.7. The summed E-state index contributed by atoms with van der Waals surface area (Å²) in [6.07, 6.45) is 2.19. The van der Waals surface area contributed by atoms with Gasteiger partial charge in [0.05, 0.1) is 0 Å². The van der Waals surface area contributed by atoms with E-state index in [9.17, 15) is 0 Å². The van der Waals surface area contributed by atoms with Gasteiger partial charge >= 0.3 is 37.9 Å². The third-order valence-electron chi connectivity index (χ3n) is 8.17. The standard InChI is InChI=1S/2C20H21.C2H6Si.2ClH.Zr/c2*1-4-15-11-17-9-6-10-19(20(17)12-15)18-8-5-7-16(13-18)14(2)3;1-3-2;;;/h2*5-14H,4H2,1-3H3;1-2H3;2*1H;/q2*-1;;;;+4/p-2. The Morgan fingerprint density at radius 3 is 1.26 bits per heavy atom. The molecule has 0 amide bonds. The monoisotopic (exact) mass is 740 g/mol. The van der Waals surface area contributed by atoms with Gasteiger partial charge in [-0.2, -0.15) is 12.1 Å². The molecule has 0 spiro atoms. The van der Waals surface area contributed by atoms with Crippen molar-refractivity contribution in [3.05, 3.63) is 131 Å². The Morgan fingerprint density at radius 2 is 0.935 bits per heavy atom. The van der Waals surface area contributed by atoms with E-state index in [2.05, 4.69) is 164 Å². The summed E-state index contributed by atoms with van der Waals surface area (Å²) in [5, 5.41) is 5.47. The minimum absolute atomic E-state index is 0.569. The summed E-state index contributed by atoms with van der Waals surface area (Å²) in [5.74, 6) is 1.14. The van der Waals surface area contributed by atoms with E-state index in [-0.39, 0.29) is 0 Å². The number of fused-ring (bicyclic) bond motifs is 2. The van der Waals surface area contributed by atoms with Crippen molar-refractivity contribution in [1.29, 1.82) is 0 Å². The van der Waals surface area contributed by atoms with Crippen molar-refractivity contribution in [2.24, 2.45) is 0 Å². The van der Waals surface area contributed by atoms with Gasteiger partial charge in [0.1, 0.15) is 0 Å². The van der Waals surface area contributed by atoms with Crippen LogP contribution >= 0.6 is 17.0 Å². The molecule has 6 aromatic carbocycles. The second kappa shape index (κ2) is 19.6. The Bertz CT molecular complexity index is 1640. The Morgan fingerprint density at radius 1 is 0.587 bits per heavy atom. The number of hydrogen-bond acceptors (Lipinski definition) is 0. The average Bonchev–Trinajstić information content (AvgIpc) is 3.70. The molecule has 0 N–H and O–H groups in total. The van der Waals surface area contributed by atoms with Gasteiger partial charge in [-0.3, -0.25) is 0 Å². The summed E-state index contributed by atoms with van der Waals surface area (Å²) in [5.41, 5.74) is 11.0. The summed E-state index contributed by atoms with van der Waals surface area (Å²) < 4.78 is 0. The van der Waals surface area contributed by atoms with Crippen LogP contribution in [0.25, 0.3) is 43.8 Å². The van der Waals surface area contributed by atoms with Crippen molar-refractivity contribution >= 4 is 48.1 Å². The second-order valence-electron chi connectivity index (χ2n) is 12.2. The summed E-state index contributed by atoms with van der Waals surface area (Å²) >= 11 is -0.826. The molecule has 0 unspecified atom stereocenters. The fourth-order valence-electron chi connectivity index (χ4n) is 5.64. The Labute approximate surface area is 299 Å².